The van der Waals surface area contributed by atoms with Crippen LogP contribution in [0.1, 0.15) is 40.1 Å². The Balaban J connectivity index is 1.61. The number of aliphatic imine (C=N–C) groups is 1. The van der Waals surface area contributed by atoms with Crippen molar-refractivity contribution in [1.29, 1.82) is 0 Å². The van der Waals surface area contributed by atoms with Crippen LogP contribution in [0.5, 0.6) is 0 Å². The highest BCUT2D eigenvalue weighted by atomic mass is 32.2. The molecule has 5 rings (SSSR count). The number of ketones is 1. The summed E-state index contributed by atoms with van der Waals surface area (Å²) in [6.07, 6.45) is 0. The van der Waals surface area contributed by atoms with Crippen LogP contribution in [0.25, 0.3) is 0 Å². The topological polar surface area (TPSA) is 102 Å². The van der Waals surface area contributed by atoms with Crippen LogP contribution in [0.4, 0.5) is 17.1 Å². The van der Waals surface area contributed by atoms with Crippen molar-refractivity contribution in [2.45, 2.75) is 25.3 Å². The van der Waals surface area contributed by atoms with Crippen molar-refractivity contribution in [1.82, 2.24) is 4.90 Å². The molecule has 2 aliphatic rings. The van der Waals surface area contributed by atoms with E-state index in [-0.39, 0.29) is 23.8 Å². The molecule has 0 spiro atoms. The number of nitrogens with one attached hydrogen (secondary N) is 1. The second-order valence-corrected chi connectivity index (χ2v) is 11.0. The summed E-state index contributed by atoms with van der Waals surface area (Å²) < 4.78 is 0. The number of carbonyl (C=O) groups excluding carboxylic acids is 2. The Kier molecular flexibility index (Phi) is 7.49. The van der Waals surface area contributed by atoms with Crippen molar-refractivity contribution in [2.75, 3.05) is 23.8 Å². The normalized spacial score (nSPS) is 17.6. The Morgan fingerprint density at radius 1 is 1.00 bits per heavy atom. The van der Waals surface area contributed by atoms with E-state index in [9.17, 15) is 19.5 Å². The zero-order chi connectivity index (χ0) is 27.7. The van der Waals surface area contributed by atoms with Gasteiger partial charge in [-0.2, -0.15) is 0 Å². The molecule has 0 radical (unpaired) electrons. The van der Waals surface area contributed by atoms with Gasteiger partial charge in [0.2, 0.25) is 0 Å². The van der Waals surface area contributed by atoms with Gasteiger partial charge in [-0.05, 0) is 73.6 Å². The molecule has 1 amide bonds. The zero-order valence-corrected chi connectivity index (χ0v) is 23.2. The molecule has 10 heteroatoms. The molecule has 8 nitrogen and oxygen atoms in total. The molecule has 0 aromatic heterocycles. The zero-order valence-electron chi connectivity index (χ0n) is 21.6. The molecule has 2 N–H and O–H groups in total. The Bertz CT molecular complexity index is 1570. The molecular formula is C29H26N4O4S2. The van der Waals surface area contributed by atoms with Crippen molar-refractivity contribution in [3.05, 3.63) is 93.4 Å². The van der Waals surface area contributed by atoms with Crippen LogP contribution in [-0.2, 0) is 11.3 Å². The first-order valence-electron chi connectivity index (χ1n) is 12.3. The van der Waals surface area contributed by atoms with Gasteiger partial charge in [-0.25, -0.2) is 9.79 Å². The van der Waals surface area contributed by atoms with Gasteiger partial charge in [0.1, 0.15) is 4.91 Å². The molecule has 3 aromatic carbocycles. The van der Waals surface area contributed by atoms with E-state index in [1.54, 1.807) is 35.2 Å². The molecule has 0 bridgehead atoms. The Morgan fingerprint density at radius 2 is 1.79 bits per heavy atom. The number of hydrogen-bond donors (Lipinski definition) is 2. The van der Waals surface area contributed by atoms with Gasteiger partial charge in [0.05, 0.1) is 34.2 Å². The van der Waals surface area contributed by atoms with Gasteiger partial charge < -0.3 is 15.3 Å². The summed E-state index contributed by atoms with van der Waals surface area (Å²) in [4.78, 5) is 47.7. The van der Waals surface area contributed by atoms with Crippen LogP contribution in [0, 0.1) is 0 Å². The predicted octanol–water partition coefficient (Wildman–Crippen LogP) is 6.19. The highest BCUT2D eigenvalue weighted by Crippen LogP contribution is 2.50. The van der Waals surface area contributed by atoms with Crippen molar-refractivity contribution >= 4 is 63.4 Å². The number of benzene rings is 3. The van der Waals surface area contributed by atoms with Gasteiger partial charge in [-0.15, -0.1) is 0 Å². The van der Waals surface area contributed by atoms with Crippen LogP contribution in [0.2, 0.25) is 0 Å². The van der Waals surface area contributed by atoms with E-state index in [2.05, 4.69) is 5.32 Å². The number of anilines is 2. The Hall–Kier alpha value is -4.02. The first-order chi connectivity index (χ1) is 18.8. The van der Waals surface area contributed by atoms with E-state index in [0.717, 1.165) is 21.3 Å². The quantitative estimate of drug-likeness (QED) is 0.261. The lowest BCUT2D eigenvalue weighted by Gasteiger charge is -2.17. The fraction of sp³-hybridized carbons (Fsp3) is 0.172. The highest BCUT2D eigenvalue weighted by Gasteiger charge is 2.39. The molecule has 0 saturated carbocycles. The first-order valence-corrected chi connectivity index (χ1v) is 13.9. The minimum atomic E-state index is -1.03. The number of aromatic carboxylic acids is 1. The van der Waals surface area contributed by atoms with Crippen LogP contribution < -0.4 is 10.2 Å². The molecular weight excluding hydrogens is 532 g/mol. The maximum absolute atomic E-state index is 13.9. The van der Waals surface area contributed by atoms with E-state index in [4.69, 9.17) is 4.99 Å². The van der Waals surface area contributed by atoms with Crippen molar-refractivity contribution < 1.29 is 19.5 Å². The Morgan fingerprint density at radius 3 is 2.51 bits per heavy atom. The average Bonchev–Trinajstić information content (AvgIpc) is 3.41. The monoisotopic (exact) mass is 558 g/mol. The van der Waals surface area contributed by atoms with Crippen molar-refractivity contribution in [3.63, 3.8) is 0 Å². The number of nitrogens with zero attached hydrogens (tertiary/aromatic N) is 3. The molecule has 0 unspecified atom stereocenters. The van der Waals surface area contributed by atoms with E-state index in [1.165, 1.54) is 36.5 Å². The van der Waals surface area contributed by atoms with Crippen LogP contribution in [0.15, 0.2) is 86.6 Å². The number of carboxylic acids is 1. The standard InChI is InChI=1S/C29H26N4O4S2/c1-4-30-21-13-12-19(17(2)34)15-22(21)31-29-33(16-18-8-7-9-20(14-18)28(36)37)26(35)25(39-29)27-32(3)23-10-5-6-11-24(23)38-27/h5-15,30H,4,16H2,1-3H3,(H,36,37). The van der Waals surface area contributed by atoms with E-state index in [0.29, 0.717) is 33.4 Å². The number of carboxylic acid groups (broad SMARTS) is 1. The molecule has 0 aliphatic carbocycles. The number of thioether (sulfide) groups is 2. The second-order valence-electron chi connectivity index (χ2n) is 8.97. The van der Waals surface area contributed by atoms with Gasteiger partial charge in [-0.3, -0.25) is 14.5 Å². The third kappa shape index (κ3) is 5.30. The number of amides is 1. The fourth-order valence-corrected chi connectivity index (χ4v) is 6.67. The summed E-state index contributed by atoms with van der Waals surface area (Å²) in [7, 11) is 1.93. The van der Waals surface area contributed by atoms with Crippen LogP contribution in [0.3, 0.4) is 0 Å². The highest BCUT2D eigenvalue weighted by molar-refractivity contribution is 8.19. The lowest BCUT2D eigenvalue weighted by molar-refractivity contribution is -0.122. The largest absolute Gasteiger partial charge is 0.478 e. The lowest BCUT2D eigenvalue weighted by atomic mass is 10.1. The number of rotatable bonds is 7. The smallest absolute Gasteiger partial charge is 0.335 e. The van der Waals surface area contributed by atoms with E-state index in [1.807, 2.05) is 49.2 Å². The maximum Gasteiger partial charge on any atom is 0.335 e. The van der Waals surface area contributed by atoms with Crippen LogP contribution >= 0.6 is 23.5 Å². The first kappa shape index (κ1) is 26.6. The van der Waals surface area contributed by atoms with Crippen LogP contribution in [-0.4, -0.2) is 46.4 Å². The van der Waals surface area contributed by atoms with E-state index < -0.39 is 5.97 Å². The van der Waals surface area contributed by atoms with Gasteiger partial charge >= 0.3 is 5.97 Å². The van der Waals surface area contributed by atoms with Gasteiger partial charge in [-0.1, -0.05) is 36.0 Å². The summed E-state index contributed by atoms with van der Waals surface area (Å²) in [5, 5.41) is 14.0. The molecule has 0 atom stereocenters. The van der Waals surface area contributed by atoms with E-state index >= 15 is 0 Å². The minimum Gasteiger partial charge on any atom is -0.478 e. The number of para-hydroxylation sites is 1. The molecule has 2 aliphatic heterocycles. The van der Waals surface area contributed by atoms with Gasteiger partial charge in [0, 0.05) is 24.1 Å². The molecule has 1 fully saturated rings. The number of Topliss-reactive ketones (excluding diaryl/α,β-unsaturated/α-hetero) is 1. The molecule has 39 heavy (non-hydrogen) atoms. The summed E-state index contributed by atoms with van der Waals surface area (Å²) in [6.45, 7) is 4.28. The summed E-state index contributed by atoms with van der Waals surface area (Å²) in [5.74, 6) is -1.33. The van der Waals surface area contributed by atoms with Crippen molar-refractivity contribution in [2.24, 2.45) is 4.99 Å². The maximum atomic E-state index is 13.9. The molecule has 1 saturated heterocycles. The SMILES string of the molecule is CCNc1ccc(C(C)=O)cc1N=C1SC(=C2Sc3ccccc3N2C)C(=O)N1Cc1cccc(C(=O)O)c1. The number of carbonyl (C=O) groups is 3. The average molecular weight is 559 g/mol. The molecule has 2 heterocycles. The fourth-order valence-electron chi connectivity index (χ4n) is 4.33. The number of fused-ring (bicyclic) bond motifs is 1. The summed E-state index contributed by atoms with van der Waals surface area (Å²) >= 11 is 2.81. The summed E-state index contributed by atoms with van der Waals surface area (Å²) in [6, 6.07) is 19.8. The lowest BCUT2D eigenvalue weighted by Crippen LogP contribution is -2.29. The third-order valence-electron chi connectivity index (χ3n) is 6.30. The second kappa shape index (κ2) is 11.0. The summed E-state index contributed by atoms with van der Waals surface area (Å²) in [5.41, 5.74) is 3.65. The number of hydrogen-bond acceptors (Lipinski definition) is 8. The minimum absolute atomic E-state index is 0.0819. The van der Waals surface area contributed by atoms with Gasteiger partial charge in [0.25, 0.3) is 5.91 Å². The van der Waals surface area contributed by atoms with Crippen molar-refractivity contribution in [3.8, 4) is 0 Å². The third-order valence-corrected chi connectivity index (χ3v) is 8.73. The van der Waals surface area contributed by atoms with Gasteiger partial charge in [0.15, 0.2) is 11.0 Å². The number of amidine groups is 1. The molecule has 3 aromatic rings. The Labute approximate surface area is 234 Å². The predicted molar refractivity (Wildman–Crippen MR) is 157 cm³/mol. The molecule has 198 valence electrons.